The van der Waals surface area contributed by atoms with Crippen molar-refractivity contribution in [1.29, 1.82) is 0 Å². The van der Waals surface area contributed by atoms with E-state index < -0.39 is 41.8 Å². The molecule has 1 fully saturated rings. The van der Waals surface area contributed by atoms with Crippen LogP contribution in [0.5, 0.6) is 0 Å². The minimum Gasteiger partial charge on any atom is -0.444 e. The van der Waals surface area contributed by atoms with Crippen molar-refractivity contribution in [3.63, 3.8) is 0 Å². The van der Waals surface area contributed by atoms with E-state index in [0.29, 0.717) is 24.3 Å². The lowest BCUT2D eigenvalue weighted by Gasteiger charge is -2.45. The Kier molecular flexibility index (Phi) is 10.2. The zero-order valence-electron chi connectivity index (χ0n) is 22.1. The molecule has 0 unspecified atom stereocenters. The molecular formula is C25H36N3O9PS. The lowest BCUT2D eigenvalue weighted by molar-refractivity contribution is -0.0717. The van der Waals surface area contributed by atoms with Crippen molar-refractivity contribution >= 4 is 29.6 Å². The lowest BCUT2D eigenvalue weighted by Crippen LogP contribution is -2.64. The number of nitrogen functional groups attached to an aromatic ring is 1. The largest absolute Gasteiger partial charge is 0.471 e. The number of alkyl carbamates (subject to hydrolysis) is 1. The number of phosphoric ester groups is 1. The number of rotatable bonds is 12. The molecule has 1 aliphatic heterocycles. The van der Waals surface area contributed by atoms with E-state index in [1.807, 2.05) is 0 Å². The smallest absolute Gasteiger partial charge is 0.444 e. The summed E-state index contributed by atoms with van der Waals surface area (Å²) in [6, 6.07) is 12.9. The Bertz CT molecular complexity index is 1250. The van der Waals surface area contributed by atoms with Gasteiger partial charge in [0.05, 0.1) is 24.2 Å². The summed E-state index contributed by atoms with van der Waals surface area (Å²) in [5, 5.41) is 2.63. The fraction of sp³-hybridized carbons (Fsp3) is 0.480. The summed E-state index contributed by atoms with van der Waals surface area (Å²) in [6.45, 7) is 5.16. The van der Waals surface area contributed by atoms with Crippen LogP contribution in [0.25, 0.3) is 0 Å². The molecule has 0 saturated carbocycles. The van der Waals surface area contributed by atoms with Gasteiger partial charge in [-0.15, -0.1) is 0 Å². The first kappa shape index (κ1) is 31.0. The molecule has 1 aliphatic rings. The Morgan fingerprint density at radius 2 is 1.85 bits per heavy atom. The Labute approximate surface area is 228 Å². The third-order valence-electron chi connectivity index (χ3n) is 6.18. The summed E-state index contributed by atoms with van der Waals surface area (Å²) in [7, 11) is -9.76. The maximum atomic E-state index is 14.0. The number of amides is 1. The maximum absolute atomic E-state index is 14.0. The summed E-state index contributed by atoms with van der Waals surface area (Å²) in [5.41, 5.74) is 4.46. The number of anilines is 1. The second-order valence-electron chi connectivity index (χ2n) is 9.91. The van der Waals surface area contributed by atoms with Gasteiger partial charge >= 0.3 is 13.9 Å². The summed E-state index contributed by atoms with van der Waals surface area (Å²) >= 11 is 0. The number of nitrogens with zero attached hydrogens (tertiary/aromatic N) is 1. The normalized spacial score (nSPS) is 18.6. The quantitative estimate of drug-likeness (QED) is 0.164. The van der Waals surface area contributed by atoms with Crippen LogP contribution < -0.4 is 11.1 Å². The molecule has 39 heavy (non-hydrogen) atoms. The van der Waals surface area contributed by atoms with Crippen molar-refractivity contribution in [2.24, 2.45) is 5.92 Å². The van der Waals surface area contributed by atoms with E-state index in [1.165, 1.54) is 31.2 Å². The fourth-order valence-electron chi connectivity index (χ4n) is 4.30. The molecule has 5 N–H and O–H groups in total. The van der Waals surface area contributed by atoms with Crippen molar-refractivity contribution in [2.75, 3.05) is 25.5 Å². The Hall–Kier alpha value is -2.51. The molecule has 0 aliphatic carbocycles. The summed E-state index contributed by atoms with van der Waals surface area (Å²) < 4.78 is 57.3. The molecule has 1 saturated heterocycles. The van der Waals surface area contributed by atoms with E-state index in [9.17, 15) is 27.6 Å². The van der Waals surface area contributed by atoms with Crippen LogP contribution >= 0.6 is 7.82 Å². The number of benzene rings is 2. The highest BCUT2D eigenvalue weighted by atomic mass is 32.2. The van der Waals surface area contributed by atoms with Crippen LogP contribution in [0, 0.1) is 5.92 Å². The highest BCUT2D eigenvalue weighted by Gasteiger charge is 2.52. The van der Waals surface area contributed by atoms with Crippen LogP contribution in [0.2, 0.25) is 0 Å². The number of ether oxygens (including phenoxy) is 2. The summed E-state index contributed by atoms with van der Waals surface area (Å²) in [5.74, 6) is -0.298. The maximum Gasteiger partial charge on any atom is 0.471 e. The first-order chi connectivity index (χ1) is 18.2. The fourth-order valence-corrected chi connectivity index (χ4v) is 6.93. The number of nitrogens with two attached hydrogens (primary N) is 1. The van der Waals surface area contributed by atoms with Gasteiger partial charge in [0.25, 0.3) is 0 Å². The third-order valence-corrected chi connectivity index (χ3v) is 8.75. The number of phosphoric acid groups is 1. The van der Waals surface area contributed by atoms with E-state index in [-0.39, 0.29) is 30.4 Å². The SMILES string of the molecule is CC(C)CN([C@](C)(OP(=O)(O)O)[C@H](Cc1ccccc1)NC(=O)O[C@H]1CCOC1)S(=O)(=O)c1ccc(N)cc1. The zero-order valence-corrected chi connectivity index (χ0v) is 23.8. The van der Waals surface area contributed by atoms with Gasteiger partial charge in [0.15, 0.2) is 5.72 Å². The molecule has 3 rings (SSSR count). The lowest BCUT2D eigenvalue weighted by atomic mass is 9.96. The molecule has 14 heteroatoms. The molecule has 12 nitrogen and oxygen atoms in total. The molecule has 0 bridgehead atoms. The van der Waals surface area contributed by atoms with Gasteiger partial charge < -0.3 is 30.3 Å². The predicted molar refractivity (Wildman–Crippen MR) is 144 cm³/mol. The number of hydrogen-bond donors (Lipinski definition) is 4. The number of hydrogen-bond acceptors (Lipinski definition) is 8. The zero-order chi connectivity index (χ0) is 28.8. The van der Waals surface area contributed by atoms with Crippen LogP contribution in [0.3, 0.4) is 0 Å². The van der Waals surface area contributed by atoms with Crippen LogP contribution in [-0.2, 0) is 35.0 Å². The second kappa shape index (κ2) is 12.8. The van der Waals surface area contributed by atoms with Crippen molar-refractivity contribution in [3.8, 4) is 0 Å². The van der Waals surface area contributed by atoms with E-state index in [4.69, 9.17) is 19.7 Å². The van der Waals surface area contributed by atoms with E-state index >= 15 is 0 Å². The molecule has 0 aromatic heterocycles. The van der Waals surface area contributed by atoms with E-state index in [0.717, 1.165) is 4.31 Å². The van der Waals surface area contributed by atoms with Crippen LogP contribution in [0.4, 0.5) is 10.5 Å². The highest BCUT2D eigenvalue weighted by Crippen LogP contribution is 2.46. The van der Waals surface area contributed by atoms with E-state index in [1.54, 1.807) is 44.2 Å². The first-order valence-corrected chi connectivity index (χ1v) is 15.4. The van der Waals surface area contributed by atoms with Gasteiger partial charge in [-0.2, -0.15) is 4.31 Å². The molecular weight excluding hydrogens is 549 g/mol. The molecule has 3 atom stereocenters. The minimum absolute atomic E-state index is 0.0422. The van der Waals surface area contributed by atoms with Crippen LogP contribution in [0.1, 0.15) is 32.8 Å². The monoisotopic (exact) mass is 585 g/mol. The van der Waals surface area contributed by atoms with Gasteiger partial charge in [-0.05, 0) is 49.1 Å². The average molecular weight is 586 g/mol. The number of sulfonamides is 1. The Morgan fingerprint density at radius 3 is 2.38 bits per heavy atom. The van der Waals surface area contributed by atoms with Crippen LogP contribution in [-0.4, -0.2) is 66.2 Å². The molecule has 216 valence electrons. The number of carbonyl (C=O) groups excluding carboxylic acids is 1. The minimum atomic E-state index is -5.32. The molecule has 0 radical (unpaired) electrons. The molecule has 1 heterocycles. The standard InChI is InChI=1S/C25H36N3O9PS/c1-18(2)16-28(39(33,34)22-11-9-20(26)10-12-22)25(3,37-38(30,31)32)23(15-19-7-5-4-6-8-19)27-24(29)36-21-13-14-35-17-21/h4-12,18,21,23H,13-17,26H2,1-3H3,(H,27,29)(H2,30,31,32)/t21-,23-,25+/m0/s1. The van der Waals surface area contributed by atoms with Crippen LogP contribution in [0.15, 0.2) is 59.5 Å². The molecule has 0 spiro atoms. The van der Waals surface area contributed by atoms with Gasteiger partial charge in [0.1, 0.15) is 6.10 Å². The molecule has 1 amide bonds. The Morgan fingerprint density at radius 1 is 1.21 bits per heavy atom. The third kappa shape index (κ3) is 8.49. The average Bonchev–Trinajstić information content (AvgIpc) is 3.34. The van der Waals surface area contributed by atoms with Crippen molar-refractivity contribution in [2.45, 2.75) is 56.4 Å². The summed E-state index contributed by atoms with van der Waals surface area (Å²) in [4.78, 5) is 32.8. The Balaban J connectivity index is 2.14. The first-order valence-electron chi connectivity index (χ1n) is 12.4. The van der Waals surface area contributed by atoms with Gasteiger partial charge in [-0.1, -0.05) is 44.2 Å². The van der Waals surface area contributed by atoms with Gasteiger partial charge in [-0.3, -0.25) is 4.52 Å². The van der Waals surface area contributed by atoms with Gasteiger partial charge in [-0.25, -0.2) is 17.8 Å². The van der Waals surface area contributed by atoms with Crippen molar-refractivity contribution in [3.05, 3.63) is 60.2 Å². The second-order valence-corrected chi connectivity index (χ2v) is 12.9. The van der Waals surface area contributed by atoms with Crippen molar-refractivity contribution < 1.29 is 41.6 Å². The van der Waals surface area contributed by atoms with Gasteiger partial charge in [0, 0.05) is 18.7 Å². The van der Waals surface area contributed by atoms with Crippen molar-refractivity contribution in [1.82, 2.24) is 9.62 Å². The topological polar surface area (TPSA) is 178 Å². The highest BCUT2D eigenvalue weighted by molar-refractivity contribution is 7.89. The number of carbonyl (C=O) groups is 1. The molecule has 2 aromatic rings. The summed E-state index contributed by atoms with van der Waals surface area (Å²) in [6.07, 6.45) is -0.972. The number of nitrogens with one attached hydrogen (secondary N) is 1. The predicted octanol–water partition coefficient (Wildman–Crippen LogP) is 2.87. The van der Waals surface area contributed by atoms with Gasteiger partial charge in [0.2, 0.25) is 10.0 Å². The molecule has 2 aromatic carbocycles. The van der Waals surface area contributed by atoms with E-state index in [2.05, 4.69) is 5.32 Å².